The third kappa shape index (κ3) is 3.87. The molecule has 26 heavy (non-hydrogen) atoms. The number of nitrogens with one attached hydrogen (secondary N) is 3. The highest BCUT2D eigenvalue weighted by Gasteiger charge is 2.19. The quantitative estimate of drug-likeness (QED) is 0.620. The predicted molar refractivity (Wildman–Crippen MR) is 101 cm³/mol. The third-order valence-electron chi connectivity index (χ3n) is 3.58. The number of carbonyl (C=O) groups excluding carboxylic acids is 1. The van der Waals surface area contributed by atoms with Crippen molar-refractivity contribution >= 4 is 44.1 Å². The fourth-order valence-corrected chi connectivity index (χ4v) is 3.92. The number of nitrogens with zero attached hydrogens (tertiary/aromatic N) is 1. The predicted octanol–water partition coefficient (Wildman–Crippen LogP) is 3.16. The van der Waals surface area contributed by atoms with E-state index in [0.717, 1.165) is 10.9 Å². The molecule has 0 saturated carbocycles. The topological polar surface area (TPSA) is 104 Å². The molecule has 0 unspecified atom stereocenters. The molecule has 0 radical (unpaired) electrons. The van der Waals surface area contributed by atoms with Crippen LogP contribution in [0, 0.1) is 0 Å². The van der Waals surface area contributed by atoms with Gasteiger partial charge in [-0.2, -0.15) is 5.10 Å². The summed E-state index contributed by atoms with van der Waals surface area (Å²) in [6, 6.07) is 9.01. The van der Waals surface area contributed by atoms with Gasteiger partial charge in [0.05, 0.1) is 27.2 Å². The average Bonchev–Trinajstić information content (AvgIpc) is 3.01. The van der Waals surface area contributed by atoms with E-state index < -0.39 is 15.9 Å². The van der Waals surface area contributed by atoms with Crippen molar-refractivity contribution in [1.82, 2.24) is 14.9 Å². The molecule has 0 aliphatic heterocycles. The molecule has 3 aromatic rings. The van der Waals surface area contributed by atoms with Crippen LogP contribution in [0.1, 0.15) is 24.2 Å². The van der Waals surface area contributed by atoms with Crippen LogP contribution < -0.4 is 10.0 Å². The second-order valence-electron chi connectivity index (χ2n) is 6.04. The summed E-state index contributed by atoms with van der Waals surface area (Å²) in [6.45, 7) is 3.43. The van der Waals surface area contributed by atoms with Gasteiger partial charge in [-0.15, -0.1) is 0 Å². The zero-order valence-electron chi connectivity index (χ0n) is 14.1. The molecule has 9 heteroatoms. The van der Waals surface area contributed by atoms with Gasteiger partial charge in [0, 0.05) is 17.1 Å². The molecule has 1 heterocycles. The lowest BCUT2D eigenvalue weighted by molar-refractivity contribution is 0.102. The van der Waals surface area contributed by atoms with Crippen LogP contribution in [0.25, 0.3) is 10.9 Å². The molecule has 7 nitrogen and oxygen atoms in total. The van der Waals surface area contributed by atoms with Gasteiger partial charge in [-0.1, -0.05) is 11.6 Å². The maximum Gasteiger partial charge on any atom is 0.257 e. The molecule has 0 spiro atoms. The molecule has 0 aliphatic carbocycles. The van der Waals surface area contributed by atoms with Gasteiger partial charge < -0.3 is 5.32 Å². The van der Waals surface area contributed by atoms with E-state index in [2.05, 4.69) is 20.2 Å². The fraction of sp³-hybridized carbons (Fsp3) is 0.176. The molecular formula is C17H17ClN4O3S. The third-order valence-corrected chi connectivity index (χ3v) is 5.57. The molecule has 0 saturated heterocycles. The van der Waals surface area contributed by atoms with Crippen LogP contribution in [0.3, 0.4) is 0 Å². The molecule has 0 bridgehead atoms. The molecule has 3 N–H and O–H groups in total. The Labute approximate surface area is 155 Å². The first kappa shape index (κ1) is 18.4. The molecule has 0 fully saturated rings. The summed E-state index contributed by atoms with van der Waals surface area (Å²) < 4.78 is 27.1. The van der Waals surface area contributed by atoms with Gasteiger partial charge in [-0.25, -0.2) is 13.1 Å². The normalized spacial score (nSPS) is 11.8. The monoisotopic (exact) mass is 392 g/mol. The average molecular weight is 393 g/mol. The Balaban J connectivity index is 1.90. The number of carbonyl (C=O) groups is 1. The minimum Gasteiger partial charge on any atom is -0.322 e. The summed E-state index contributed by atoms with van der Waals surface area (Å²) in [7, 11) is -3.73. The van der Waals surface area contributed by atoms with Gasteiger partial charge >= 0.3 is 0 Å². The summed E-state index contributed by atoms with van der Waals surface area (Å²) in [5, 5.41) is 10.5. The number of benzene rings is 2. The number of hydrogen-bond donors (Lipinski definition) is 3. The molecule has 2 aromatic carbocycles. The van der Waals surface area contributed by atoms with Crippen LogP contribution in [-0.4, -0.2) is 30.6 Å². The molecule has 136 valence electrons. The van der Waals surface area contributed by atoms with Crippen molar-refractivity contribution in [2.75, 3.05) is 5.32 Å². The number of sulfonamides is 1. The lowest BCUT2D eigenvalue weighted by atomic mass is 10.2. The van der Waals surface area contributed by atoms with Crippen LogP contribution in [0.15, 0.2) is 47.5 Å². The van der Waals surface area contributed by atoms with E-state index in [9.17, 15) is 13.2 Å². The zero-order chi connectivity index (χ0) is 18.9. The molecular weight excluding hydrogens is 376 g/mol. The number of halogens is 1. The Morgan fingerprint density at radius 2 is 1.96 bits per heavy atom. The molecule has 1 aromatic heterocycles. The Morgan fingerprint density at radius 1 is 1.19 bits per heavy atom. The standard InChI is InChI=1S/C17H17ClN4O3S/c1-10(2)22-26(24,25)13-4-5-15(18)14(8-13)17(23)20-12-3-6-16-11(7-12)9-19-21-16/h3-10,22H,1-2H3,(H,19,21)(H,20,23). The van der Waals surface area contributed by atoms with Crippen LogP contribution in [0.2, 0.25) is 5.02 Å². The SMILES string of the molecule is CC(C)NS(=O)(=O)c1ccc(Cl)c(C(=O)Nc2ccc3[nH]ncc3c2)c1. The van der Waals surface area contributed by atoms with Crippen molar-refractivity contribution < 1.29 is 13.2 Å². The van der Waals surface area contributed by atoms with E-state index in [4.69, 9.17) is 11.6 Å². The van der Waals surface area contributed by atoms with Crippen molar-refractivity contribution in [2.24, 2.45) is 0 Å². The van der Waals surface area contributed by atoms with E-state index in [0.29, 0.717) is 5.69 Å². The van der Waals surface area contributed by atoms with Crippen molar-refractivity contribution in [2.45, 2.75) is 24.8 Å². The first-order chi connectivity index (χ1) is 12.3. The fourth-order valence-electron chi connectivity index (χ4n) is 2.44. The highest BCUT2D eigenvalue weighted by atomic mass is 35.5. The van der Waals surface area contributed by atoms with E-state index in [1.807, 2.05) is 0 Å². The van der Waals surface area contributed by atoms with Crippen LogP contribution in [0.4, 0.5) is 5.69 Å². The lowest BCUT2D eigenvalue weighted by Crippen LogP contribution is -2.30. The minimum atomic E-state index is -3.73. The number of aromatic nitrogens is 2. The molecule has 0 aliphatic rings. The summed E-state index contributed by atoms with van der Waals surface area (Å²) in [5.74, 6) is -0.501. The van der Waals surface area contributed by atoms with Crippen molar-refractivity contribution in [1.29, 1.82) is 0 Å². The van der Waals surface area contributed by atoms with E-state index in [1.54, 1.807) is 38.2 Å². The summed E-state index contributed by atoms with van der Waals surface area (Å²) in [4.78, 5) is 12.6. The Bertz CT molecular complexity index is 1080. The first-order valence-corrected chi connectivity index (χ1v) is 9.69. The van der Waals surface area contributed by atoms with E-state index >= 15 is 0 Å². The number of anilines is 1. The Kier molecular flexibility index (Phi) is 4.99. The number of hydrogen-bond acceptors (Lipinski definition) is 4. The summed E-state index contributed by atoms with van der Waals surface area (Å²) >= 11 is 6.10. The second kappa shape index (κ2) is 7.06. The smallest absolute Gasteiger partial charge is 0.257 e. The molecule has 1 amide bonds. The highest BCUT2D eigenvalue weighted by Crippen LogP contribution is 2.23. The first-order valence-electron chi connectivity index (χ1n) is 7.82. The summed E-state index contributed by atoms with van der Waals surface area (Å²) in [6.07, 6.45) is 1.64. The van der Waals surface area contributed by atoms with Crippen LogP contribution in [0.5, 0.6) is 0 Å². The van der Waals surface area contributed by atoms with Gasteiger partial charge in [-0.3, -0.25) is 9.89 Å². The molecule has 0 atom stereocenters. The number of rotatable bonds is 5. The number of H-pyrrole nitrogens is 1. The Hall–Kier alpha value is -2.42. The molecule has 3 rings (SSSR count). The minimum absolute atomic E-state index is 0.0222. The van der Waals surface area contributed by atoms with Crippen LogP contribution >= 0.6 is 11.6 Å². The maximum atomic E-state index is 12.6. The van der Waals surface area contributed by atoms with Gasteiger partial charge in [0.25, 0.3) is 5.91 Å². The second-order valence-corrected chi connectivity index (χ2v) is 8.16. The maximum absolute atomic E-state index is 12.6. The van der Waals surface area contributed by atoms with Gasteiger partial charge in [0.1, 0.15) is 0 Å². The van der Waals surface area contributed by atoms with E-state index in [1.165, 1.54) is 18.2 Å². The largest absolute Gasteiger partial charge is 0.322 e. The number of amides is 1. The van der Waals surface area contributed by atoms with Crippen molar-refractivity contribution in [3.05, 3.63) is 53.2 Å². The van der Waals surface area contributed by atoms with Gasteiger partial charge in [-0.05, 0) is 50.2 Å². The summed E-state index contributed by atoms with van der Waals surface area (Å²) in [5.41, 5.74) is 1.47. The van der Waals surface area contributed by atoms with Gasteiger partial charge in [0.2, 0.25) is 10.0 Å². The van der Waals surface area contributed by atoms with Crippen molar-refractivity contribution in [3.63, 3.8) is 0 Å². The lowest BCUT2D eigenvalue weighted by Gasteiger charge is -2.12. The van der Waals surface area contributed by atoms with Crippen LogP contribution in [-0.2, 0) is 10.0 Å². The Morgan fingerprint density at radius 3 is 2.69 bits per heavy atom. The number of fused-ring (bicyclic) bond motifs is 1. The highest BCUT2D eigenvalue weighted by molar-refractivity contribution is 7.89. The zero-order valence-corrected chi connectivity index (χ0v) is 15.6. The van der Waals surface area contributed by atoms with E-state index in [-0.39, 0.29) is 21.5 Å². The number of aromatic amines is 1. The van der Waals surface area contributed by atoms with Crippen molar-refractivity contribution in [3.8, 4) is 0 Å². The van der Waals surface area contributed by atoms with Gasteiger partial charge in [0.15, 0.2) is 0 Å².